The minimum Gasteiger partial charge on any atom is -0.383 e. The molecule has 1 heterocycles. The molecular weight excluding hydrogens is 278 g/mol. The number of methoxy groups -OCH3 is 1. The standard InChI is InChI=1S/C17H23N3O2/c1-3-7-17(21)18-11-6-10-16-19-14-8-4-5-9-15(14)20(16)12-13-22-2/h3-5,7-9H,6,10-13H2,1-2H3,(H,18,21)/b7-3-. The summed E-state index contributed by atoms with van der Waals surface area (Å²) in [7, 11) is 1.70. The van der Waals surface area contributed by atoms with E-state index in [1.807, 2.05) is 25.1 Å². The molecule has 22 heavy (non-hydrogen) atoms. The number of allylic oxidation sites excluding steroid dienone is 1. The van der Waals surface area contributed by atoms with E-state index in [1.54, 1.807) is 13.2 Å². The highest BCUT2D eigenvalue weighted by molar-refractivity contribution is 5.87. The Balaban J connectivity index is 2.01. The number of rotatable bonds is 8. The van der Waals surface area contributed by atoms with Crippen LogP contribution in [0.4, 0.5) is 0 Å². The zero-order valence-corrected chi connectivity index (χ0v) is 13.2. The average Bonchev–Trinajstić information content (AvgIpc) is 2.87. The van der Waals surface area contributed by atoms with Gasteiger partial charge in [-0.25, -0.2) is 4.98 Å². The molecule has 0 bridgehead atoms. The highest BCUT2D eigenvalue weighted by atomic mass is 16.5. The molecule has 0 aliphatic rings. The summed E-state index contributed by atoms with van der Waals surface area (Å²) in [5.74, 6) is 0.994. The molecule has 0 atom stereocenters. The number of amides is 1. The van der Waals surface area contributed by atoms with Gasteiger partial charge in [0, 0.05) is 26.6 Å². The van der Waals surface area contributed by atoms with Crippen molar-refractivity contribution in [2.24, 2.45) is 0 Å². The molecule has 2 aromatic rings. The van der Waals surface area contributed by atoms with Crippen molar-refractivity contribution in [3.63, 3.8) is 0 Å². The Morgan fingerprint density at radius 1 is 1.41 bits per heavy atom. The van der Waals surface area contributed by atoms with Crippen molar-refractivity contribution >= 4 is 16.9 Å². The fraction of sp³-hybridized carbons (Fsp3) is 0.412. The fourth-order valence-electron chi connectivity index (χ4n) is 2.42. The van der Waals surface area contributed by atoms with Crippen LogP contribution in [0.15, 0.2) is 36.4 Å². The molecule has 0 radical (unpaired) electrons. The summed E-state index contributed by atoms with van der Waals surface area (Å²) in [6, 6.07) is 8.12. The lowest BCUT2D eigenvalue weighted by atomic mass is 10.3. The quantitative estimate of drug-likeness (QED) is 0.601. The second kappa shape index (κ2) is 8.34. The molecular formula is C17H23N3O2. The third kappa shape index (κ3) is 4.18. The third-order valence-electron chi connectivity index (χ3n) is 3.45. The van der Waals surface area contributed by atoms with Crippen molar-refractivity contribution in [2.45, 2.75) is 26.3 Å². The number of hydrogen-bond donors (Lipinski definition) is 1. The van der Waals surface area contributed by atoms with Crippen LogP contribution in [-0.4, -0.2) is 35.7 Å². The Labute approximate surface area is 131 Å². The number of benzene rings is 1. The maximum absolute atomic E-state index is 11.4. The number of carbonyl (C=O) groups excluding carboxylic acids is 1. The topological polar surface area (TPSA) is 56.2 Å². The molecule has 0 aliphatic heterocycles. The zero-order valence-electron chi connectivity index (χ0n) is 13.2. The first-order valence-corrected chi connectivity index (χ1v) is 7.60. The molecule has 1 aromatic carbocycles. The second-order valence-electron chi connectivity index (χ2n) is 5.06. The molecule has 1 amide bonds. The van der Waals surface area contributed by atoms with E-state index in [0.717, 1.165) is 36.2 Å². The van der Waals surface area contributed by atoms with E-state index in [-0.39, 0.29) is 5.91 Å². The summed E-state index contributed by atoms with van der Waals surface area (Å²) in [5.41, 5.74) is 2.14. The van der Waals surface area contributed by atoms with Crippen molar-refractivity contribution in [3.05, 3.63) is 42.2 Å². The number of nitrogens with zero attached hydrogens (tertiary/aromatic N) is 2. The van der Waals surface area contributed by atoms with Gasteiger partial charge in [-0.2, -0.15) is 0 Å². The summed E-state index contributed by atoms with van der Waals surface area (Å²) in [6.07, 6.45) is 4.96. The fourth-order valence-corrected chi connectivity index (χ4v) is 2.42. The number of nitrogens with one attached hydrogen (secondary N) is 1. The van der Waals surface area contributed by atoms with Gasteiger partial charge in [0.25, 0.3) is 0 Å². The summed E-state index contributed by atoms with van der Waals surface area (Å²) in [6.45, 7) is 3.93. The number of hydrogen-bond acceptors (Lipinski definition) is 3. The number of ether oxygens (including phenoxy) is 1. The molecule has 1 N–H and O–H groups in total. The number of fused-ring (bicyclic) bond motifs is 1. The molecule has 0 saturated heterocycles. The smallest absolute Gasteiger partial charge is 0.243 e. The molecule has 0 unspecified atom stereocenters. The van der Waals surface area contributed by atoms with Gasteiger partial charge in [0.1, 0.15) is 5.82 Å². The van der Waals surface area contributed by atoms with Gasteiger partial charge in [-0.15, -0.1) is 0 Å². The predicted octanol–water partition coefficient (Wildman–Crippen LogP) is 2.31. The van der Waals surface area contributed by atoms with Crippen LogP contribution in [0.5, 0.6) is 0 Å². The third-order valence-corrected chi connectivity index (χ3v) is 3.45. The summed E-state index contributed by atoms with van der Waals surface area (Å²) >= 11 is 0. The van der Waals surface area contributed by atoms with E-state index < -0.39 is 0 Å². The molecule has 0 aliphatic carbocycles. The molecule has 0 saturated carbocycles. The molecule has 0 spiro atoms. The first kappa shape index (κ1) is 16.2. The van der Waals surface area contributed by atoms with Crippen molar-refractivity contribution in [1.29, 1.82) is 0 Å². The van der Waals surface area contributed by atoms with Crippen LogP contribution in [0.2, 0.25) is 0 Å². The van der Waals surface area contributed by atoms with Crippen LogP contribution in [0.25, 0.3) is 11.0 Å². The lowest BCUT2D eigenvalue weighted by Gasteiger charge is -2.08. The van der Waals surface area contributed by atoms with Gasteiger partial charge in [0.15, 0.2) is 0 Å². The Kier molecular flexibility index (Phi) is 6.15. The molecule has 0 fully saturated rings. The normalized spacial score (nSPS) is 11.4. The van der Waals surface area contributed by atoms with Crippen molar-refractivity contribution in [2.75, 3.05) is 20.3 Å². The van der Waals surface area contributed by atoms with Crippen LogP contribution >= 0.6 is 0 Å². The van der Waals surface area contributed by atoms with Gasteiger partial charge < -0.3 is 14.6 Å². The zero-order chi connectivity index (χ0) is 15.8. The van der Waals surface area contributed by atoms with E-state index in [1.165, 1.54) is 6.08 Å². The lowest BCUT2D eigenvalue weighted by Crippen LogP contribution is -2.22. The average molecular weight is 301 g/mol. The molecule has 5 heteroatoms. The highest BCUT2D eigenvalue weighted by Crippen LogP contribution is 2.17. The summed E-state index contributed by atoms with van der Waals surface area (Å²) in [4.78, 5) is 16.1. The Morgan fingerprint density at radius 3 is 3.00 bits per heavy atom. The molecule has 2 rings (SSSR count). The maximum Gasteiger partial charge on any atom is 0.243 e. The largest absolute Gasteiger partial charge is 0.383 e. The van der Waals surface area contributed by atoms with Crippen molar-refractivity contribution in [3.8, 4) is 0 Å². The molecule has 5 nitrogen and oxygen atoms in total. The first-order valence-electron chi connectivity index (χ1n) is 7.60. The number of para-hydroxylation sites is 2. The van der Waals surface area contributed by atoms with E-state index in [9.17, 15) is 4.79 Å². The van der Waals surface area contributed by atoms with Gasteiger partial charge in [-0.3, -0.25) is 4.79 Å². The summed E-state index contributed by atoms with van der Waals surface area (Å²) < 4.78 is 7.39. The van der Waals surface area contributed by atoms with Crippen LogP contribution in [-0.2, 0) is 22.5 Å². The maximum atomic E-state index is 11.4. The first-order chi connectivity index (χ1) is 10.8. The summed E-state index contributed by atoms with van der Waals surface area (Å²) in [5, 5.41) is 2.86. The predicted molar refractivity (Wildman–Crippen MR) is 87.8 cm³/mol. The van der Waals surface area contributed by atoms with Gasteiger partial charge in [-0.05, 0) is 31.6 Å². The van der Waals surface area contributed by atoms with E-state index in [4.69, 9.17) is 9.72 Å². The molecule has 1 aromatic heterocycles. The minimum absolute atomic E-state index is 0.0459. The molecule has 118 valence electrons. The van der Waals surface area contributed by atoms with Crippen LogP contribution in [0.3, 0.4) is 0 Å². The van der Waals surface area contributed by atoms with Crippen LogP contribution < -0.4 is 5.32 Å². The van der Waals surface area contributed by atoms with E-state index in [2.05, 4.69) is 16.0 Å². The van der Waals surface area contributed by atoms with Crippen molar-refractivity contribution < 1.29 is 9.53 Å². The second-order valence-corrected chi connectivity index (χ2v) is 5.06. The van der Waals surface area contributed by atoms with Crippen molar-refractivity contribution in [1.82, 2.24) is 14.9 Å². The number of aromatic nitrogens is 2. The van der Waals surface area contributed by atoms with Gasteiger partial charge in [-0.1, -0.05) is 18.2 Å². The Bertz CT molecular complexity index is 646. The van der Waals surface area contributed by atoms with Gasteiger partial charge in [0.2, 0.25) is 5.91 Å². The van der Waals surface area contributed by atoms with Gasteiger partial charge >= 0.3 is 0 Å². The SMILES string of the molecule is C/C=C\C(=O)NCCCc1nc2ccccc2n1CCOC. The Morgan fingerprint density at radius 2 is 2.23 bits per heavy atom. The van der Waals surface area contributed by atoms with Crippen LogP contribution in [0.1, 0.15) is 19.2 Å². The minimum atomic E-state index is -0.0459. The number of aryl methyl sites for hydroxylation is 1. The highest BCUT2D eigenvalue weighted by Gasteiger charge is 2.09. The van der Waals surface area contributed by atoms with Gasteiger partial charge in [0.05, 0.1) is 17.6 Å². The van der Waals surface area contributed by atoms with Crippen LogP contribution in [0, 0.1) is 0 Å². The lowest BCUT2D eigenvalue weighted by molar-refractivity contribution is -0.116. The monoisotopic (exact) mass is 301 g/mol. The van der Waals surface area contributed by atoms with E-state index in [0.29, 0.717) is 13.2 Å². The number of carbonyl (C=O) groups is 1. The number of imidazole rings is 1. The Hall–Kier alpha value is -2.14. The van der Waals surface area contributed by atoms with E-state index >= 15 is 0 Å².